The van der Waals surface area contributed by atoms with Crippen molar-refractivity contribution in [3.05, 3.63) is 52.6 Å². The minimum atomic E-state index is -0.0984. The third kappa shape index (κ3) is 1.89. The molecular formula is C13H11N3OS. The van der Waals surface area contributed by atoms with Crippen molar-refractivity contribution >= 4 is 28.6 Å². The molecule has 0 aromatic carbocycles. The van der Waals surface area contributed by atoms with Crippen LogP contribution in [0, 0.1) is 6.92 Å². The lowest BCUT2D eigenvalue weighted by Gasteiger charge is -2.04. The molecule has 0 aliphatic rings. The van der Waals surface area contributed by atoms with Crippen molar-refractivity contribution in [3.63, 3.8) is 0 Å². The fourth-order valence-corrected chi connectivity index (χ4v) is 2.44. The molecule has 0 unspecified atom stereocenters. The van der Waals surface area contributed by atoms with E-state index >= 15 is 0 Å². The van der Waals surface area contributed by atoms with Gasteiger partial charge in [-0.05, 0) is 30.5 Å². The SMILES string of the molecule is Cc1cn2cccc(NC(=O)c3cccs3)c2n1. The first kappa shape index (κ1) is 11.0. The zero-order valence-electron chi connectivity index (χ0n) is 9.75. The van der Waals surface area contributed by atoms with Gasteiger partial charge in [-0.25, -0.2) is 4.98 Å². The van der Waals surface area contributed by atoms with Crippen LogP contribution in [0.2, 0.25) is 0 Å². The predicted octanol–water partition coefficient (Wildman–Crippen LogP) is 2.96. The highest BCUT2D eigenvalue weighted by Crippen LogP contribution is 2.18. The Kier molecular flexibility index (Phi) is 2.60. The molecule has 0 radical (unpaired) electrons. The summed E-state index contributed by atoms with van der Waals surface area (Å²) < 4.78 is 1.90. The maximum Gasteiger partial charge on any atom is 0.265 e. The number of nitrogens with zero attached hydrogens (tertiary/aromatic N) is 2. The third-order valence-electron chi connectivity index (χ3n) is 2.60. The number of aryl methyl sites for hydroxylation is 1. The molecule has 18 heavy (non-hydrogen) atoms. The second kappa shape index (κ2) is 4.27. The second-order valence-electron chi connectivity index (χ2n) is 3.97. The molecule has 0 bridgehead atoms. The van der Waals surface area contributed by atoms with Crippen LogP contribution in [0.25, 0.3) is 5.65 Å². The molecule has 0 atom stereocenters. The average Bonchev–Trinajstić information content (AvgIpc) is 2.96. The summed E-state index contributed by atoms with van der Waals surface area (Å²) in [4.78, 5) is 17.1. The number of pyridine rings is 1. The van der Waals surface area contributed by atoms with Gasteiger partial charge >= 0.3 is 0 Å². The molecule has 0 aliphatic carbocycles. The van der Waals surface area contributed by atoms with Crippen LogP contribution in [0.5, 0.6) is 0 Å². The number of carbonyl (C=O) groups excluding carboxylic acids is 1. The smallest absolute Gasteiger partial charge is 0.265 e. The van der Waals surface area contributed by atoms with Gasteiger partial charge in [0.25, 0.3) is 5.91 Å². The van der Waals surface area contributed by atoms with Gasteiger partial charge in [0.15, 0.2) is 5.65 Å². The fourth-order valence-electron chi connectivity index (χ4n) is 1.82. The van der Waals surface area contributed by atoms with Crippen LogP contribution in [0.15, 0.2) is 42.0 Å². The highest BCUT2D eigenvalue weighted by molar-refractivity contribution is 7.12. The summed E-state index contributed by atoms with van der Waals surface area (Å²) in [5.41, 5.74) is 2.41. The molecule has 0 spiro atoms. The van der Waals surface area contributed by atoms with Crippen molar-refractivity contribution in [3.8, 4) is 0 Å². The van der Waals surface area contributed by atoms with Gasteiger partial charge in [0, 0.05) is 12.4 Å². The molecule has 5 heteroatoms. The number of hydrogen-bond donors (Lipinski definition) is 1. The van der Waals surface area contributed by atoms with Crippen molar-refractivity contribution in [2.24, 2.45) is 0 Å². The Morgan fingerprint density at radius 1 is 1.39 bits per heavy atom. The van der Waals surface area contributed by atoms with E-state index in [-0.39, 0.29) is 5.91 Å². The van der Waals surface area contributed by atoms with E-state index in [0.717, 1.165) is 17.0 Å². The molecule has 1 N–H and O–H groups in total. The van der Waals surface area contributed by atoms with Crippen LogP contribution in [-0.2, 0) is 0 Å². The topological polar surface area (TPSA) is 46.4 Å². The maximum absolute atomic E-state index is 12.0. The summed E-state index contributed by atoms with van der Waals surface area (Å²) in [5.74, 6) is -0.0984. The molecule has 3 aromatic rings. The fraction of sp³-hybridized carbons (Fsp3) is 0.0769. The molecule has 3 aromatic heterocycles. The summed E-state index contributed by atoms with van der Waals surface area (Å²) in [6.07, 6.45) is 3.84. The van der Waals surface area contributed by atoms with Crippen molar-refractivity contribution < 1.29 is 4.79 Å². The molecule has 0 fully saturated rings. The quantitative estimate of drug-likeness (QED) is 0.767. The summed E-state index contributed by atoms with van der Waals surface area (Å²) >= 11 is 1.42. The third-order valence-corrected chi connectivity index (χ3v) is 3.47. The van der Waals surface area contributed by atoms with Crippen LogP contribution >= 0.6 is 11.3 Å². The number of hydrogen-bond acceptors (Lipinski definition) is 3. The van der Waals surface area contributed by atoms with Crippen LogP contribution in [0.3, 0.4) is 0 Å². The number of thiophene rings is 1. The monoisotopic (exact) mass is 257 g/mol. The first-order valence-electron chi connectivity index (χ1n) is 5.53. The molecule has 3 heterocycles. The van der Waals surface area contributed by atoms with Gasteiger partial charge in [-0.3, -0.25) is 4.79 Å². The molecule has 0 saturated carbocycles. The summed E-state index contributed by atoms with van der Waals surface area (Å²) in [7, 11) is 0. The van der Waals surface area contributed by atoms with E-state index in [0.29, 0.717) is 4.88 Å². The summed E-state index contributed by atoms with van der Waals surface area (Å²) in [6, 6.07) is 7.40. The van der Waals surface area contributed by atoms with E-state index in [4.69, 9.17) is 0 Å². The minimum Gasteiger partial charge on any atom is -0.318 e. The van der Waals surface area contributed by atoms with Gasteiger partial charge in [0.2, 0.25) is 0 Å². The van der Waals surface area contributed by atoms with Gasteiger partial charge in [0.1, 0.15) is 0 Å². The van der Waals surface area contributed by atoms with E-state index < -0.39 is 0 Å². The van der Waals surface area contributed by atoms with Gasteiger partial charge in [-0.2, -0.15) is 0 Å². The Balaban J connectivity index is 1.97. The predicted molar refractivity (Wildman–Crippen MR) is 72.2 cm³/mol. The molecule has 90 valence electrons. The Hall–Kier alpha value is -2.14. The van der Waals surface area contributed by atoms with Gasteiger partial charge < -0.3 is 9.72 Å². The number of nitrogens with one attached hydrogen (secondary N) is 1. The van der Waals surface area contributed by atoms with Gasteiger partial charge in [-0.15, -0.1) is 11.3 Å². The molecule has 1 amide bonds. The number of anilines is 1. The summed E-state index contributed by atoms with van der Waals surface area (Å²) in [6.45, 7) is 1.93. The number of carbonyl (C=O) groups is 1. The molecular weight excluding hydrogens is 246 g/mol. The highest BCUT2D eigenvalue weighted by atomic mass is 32.1. The lowest BCUT2D eigenvalue weighted by atomic mass is 10.3. The number of amides is 1. The van der Waals surface area contributed by atoms with Crippen molar-refractivity contribution in [2.75, 3.05) is 5.32 Å². The molecule has 0 aliphatic heterocycles. The summed E-state index contributed by atoms with van der Waals surface area (Å²) in [5, 5.41) is 4.77. The Morgan fingerprint density at radius 2 is 2.28 bits per heavy atom. The maximum atomic E-state index is 12.0. The highest BCUT2D eigenvalue weighted by Gasteiger charge is 2.10. The van der Waals surface area contributed by atoms with Crippen molar-refractivity contribution in [1.82, 2.24) is 9.38 Å². The number of rotatable bonds is 2. The van der Waals surface area contributed by atoms with Gasteiger partial charge in [-0.1, -0.05) is 6.07 Å². The standard InChI is InChI=1S/C13H11N3OS/c1-9-8-16-6-2-4-10(12(16)14-9)15-13(17)11-5-3-7-18-11/h2-8H,1H3,(H,15,17). The molecule has 0 saturated heterocycles. The van der Waals surface area contributed by atoms with Crippen LogP contribution in [0.4, 0.5) is 5.69 Å². The van der Waals surface area contributed by atoms with E-state index in [2.05, 4.69) is 10.3 Å². The Morgan fingerprint density at radius 3 is 3.06 bits per heavy atom. The Bertz CT molecular complexity index is 700. The number of aromatic nitrogens is 2. The molecule has 3 rings (SSSR count). The average molecular weight is 257 g/mol. The first-order valence-corrected chi connectivity index (χ1v) is 6.41. The minimum absolute atomic E-state index is 0.0984. The molecule has 4 nitrogen and oxygen atoms in total. The zero-order valence-corrected chi connectivity index (χ0v) is 10.6. The van der Waals surface area contributed by atoms with Crippen LogP contribution in [0.1, 0.15) is 15.4 Å². The normalized spacial score (nSPS) is 10.7. The lowest BCUT2D eigenvalue weighted by Crippen LogP contribution is -2.11. The zero-order chi connectivity index (χ0) is 12.5. The van der Waals surface area contributed by atoms with Crippen LogP contribution in [-0.4, -0.2) is 15.3 Å². The lowest BCUT2D eigenvalue weighted by molar-refractivity contribution is 0.103. The van der Waals surface area contributed by atoms with Gasteiger partial charge in [0.05, 0.1) is 16.3 Å². The van der Waals surface area contributed by atoms with Crippen molar-refractivity contribution in [2.45, 2.75) is 6.92 Å². The van der Waals surface area contributed by atoms with Crippen molar-refractivity contribution in [1.29, 1.82) is 0 Å². The van der Waals surface area contributed by atoms with E-state index in [1.54, 1.807) is 6.07 Å². The van der Waals surface area contributed by atoms with E-state index in [9.17, 15) is 4.79 Å². The largest absolute Gasteiger partial charge is 0.318 e. The Labute approximate surface area is 108 Å². The van der Waals surface area contributed by atoms with E-state index in [1.807, 2.05) is 47.3 Å². The number of fused-ring (bicyclic) bond motifs is 1. The van der Waals surface area contributed by atoms with Crippen LogP contribution < -0.4 is 5.32 Å². The first-order chi connectivity index (χ1) is 8.74. The van der Waals surface area contributed by atoms with E-state index in [1.165, 1.54) is 11.3 Å². The number of imidazole rings is 1. The second-order valence-corrected chi connectivity index (χ2v) is 4.91.